The van der Waals surface area contributed by atoms with Gasteiger partial charge in [-0.1, -0.05) is 6.58 Å². The summed E-state index contributed by atoms with van der Waals surface area (Å²) in [5.74, 6) is -6.74. The van der Waals surface area contributed by atoms with Crippen molar-refractivity contribution in [1.29, 1.82) is 5.26 Å². The molecule has 0 spiro atoms. The van der Waals surface area contributed by atoms with Crippen LogP contribution in [0.5, 0.6) is 0 Å². The number of alkyl halides is 4. The number of nitrogens with one attached hydrogen (secondary N) is 1. The molecule has 1 aromatic rings. The highest BCUT2D eigenvalue weighted by atomic mass is 19.3. The normalized spacial score (nSPS) is 27.8. The van der Waals surface area contributed by atoms with E-state index in [2.05, 4.69) is 21.9 Å². The van der Waals surface area contributed by atoms with E-state index in [0.29, 0.717) is 0 Å². The van der Waals surface area contributed by atoms with Gasteiger partial charge in [0.2, 0.25) is 0 Å². The third-order valence-electron chi connectivity index (χ3n) is 6.05. The first-order chi connectivity index (χ1) is 16.4. The summed E-state index contributed by atoms with van der Waals surface area (Å²) in [5, 5.41) is 11.2. The molecular formula is C23H22F5N5O2. The number of halogens is 5. The number of fused-ring (bicyclic) bond motifs is 1. The summed E-state index contributed by atoms with van der Waals surface area (Å²) in [6.07, 6.45) is 1.12. The number of hydrogen-bond donors (Lipinski definition) is 2. The number of carbonyl (C=O) groups is 1. The molecule has 3 rings (SSSR count). The average molecular weight is 495 g/mol. The minimum Gasteiger partial charge on any atom is -0.455 e. The molecule has 1 aliphatic carbocycles. The third kappa shape index (κ3) is 4.89. The van der Waals surface area contributed by atoms with Crippen LogP contribution in [-0.4, -0.2) is 47.3 Å². The van der Waals surface area contributed by atoms with Crippen molar-refractivity contribution in [3.05, 3.63) is 65.4 Å². The molecule has 0 radical (unpaired) electrons. The van der Waals surface area contributed by atoms with Crippen molar-refractivity contribution in [2.45, 2.75) is 36.8 Å². The van der Waals surface area contributed by atoms with Gasteiger partial charge in [0.25, 0.3) is 17.9 Å². The Hall–Kier alpha value is -3.75. The lowest BCUT2D eigenvalue weighted by molar-refractivity contribution is -0.0621. The number of allylic oxidation sites excluding steroid dienone is 3. The summed E-state index contributed by atoms with van der Waals surface area (Å²) < 4.78 is 77.0. The SMILES string of the molecule is C=C(/C(F)=C\C=C(/C)NC(=O)c1ccc(C#N)cn1)[C@@]1(CF)N=C(N)O[C@]2(CF)CC(F)(F)C[C@@H]21. The molecule has 0 bridgehead atoms. The van der Waals surface area contributed by atoms with Crippen LogP contribution >= 0.6 is 0 Å². The van der Waals surface area contributed by atoms with Crippen LogP contribution in [0, 0.1) is 17.2 Å². The molecule has 1 saturated carbocycles. The van der Waals surface area contributed by atoms with Crippen LogP contribution in [0.2, 0.25) is 0 Å². The van der Waals surface area contributed by atoms with Crippen LogP contribution in [0.3, 0.4) is 0 Å². The monoisotopic (exact) mass is 495 g/mol. The molecule has 2 heterocycles. The molecule has 0 unspecified atom stereocenters. The number of amidine groups is 1. The Labute approximate surface area is 197 Å². The van der Waals surface area contributed by atoms with E-state index in [9.17, 15) is 22.4 Å². The number of aromatic nitrogens is 1. The molecule has 0 saturated heterocycles. The standard InChI is InChI=1S/C23H22F5N5O2/c1-13(32-19(34)17-6-4-15(8-29)9-31-17)3-5-16(26)14(2)23(12-25)18-7-22(27,28)10-21(18,11-24)35-20(30)33-23/h3-6,9,18H,2,7,10-12H2,1H3,(H2,30,33)(H,32,34)/b13-3+,16-5+/t18-,21-,23+/m0/s1. The van der Waals surface area contributed by atoms with Gasteiger partial charge in [0.05, 0.1) is 12.0 Å². The lowest BCUT2D eigenvalue weighted by Gasteiger charge is -2.46. The third-order valence-corrected chi connectivity index (χ3v) is 6.05. The van der Waals surface area contributed by atoms with Gasteiger partial charge >= 0.3 is 0 Å². The molecule has 1 aliphatic heterocycles. The average Bonchev–Trinajstić information content (AvgIpc) is 3.12. The van der Waals surface area contributed by atoms with Gasteiger partial charge in [-0.2, -0.15) is 5.26 Å². The summed E-state index contributed by atoms with van der Waals surface area (Å²) in [6, 6.07) is 3.84. The molecular weight excluding hydrogens is 473 g/mol. The van der Waals surface area contributed by atoms with Crippen LogP contribution in [0.1, 0.15) is 35.8 Å². The topological polar surface area (TPSA) is 113 Å². The second kappa shape index (κ2) is 9.48. The first-order valence-electron chi connectivity index (χ1n) is 10.4. The first kappa shape index (κ1) is 25.9. The van der Waals surface area contributed by atoms with Gasteiger partial charge in [-0.3, -0.25) is 4.79 Å². The van der Waals surface area contributed by atoms with E-state index in [4.69, 9.17) is 15.7 Å². The number of nitriles is 1. The van der Waals surface area contributed by atoms with Gasteiger partial charge in [0.15, 0.2) is 5.60 Å². The zero-order valence-corrected chi connectivity index (χ0v) is 18.6. The molecule has 7 nitrogen and oxygen atoms in total. The van der Waals surface area contributed by atoms with Crippen molar-refractivity contribution in [2.24, 2.45) is 16.6 Å². The van der Waals surface area contributed by atoms with Gasteiger partial charge < -0.3 is 15.8 Å². The molecule has 12 heteroatoms. The Balaban J connectivity index is 1.85. The molecule has 0 aromatic carbocycles. The Morgan fingerprint density at radius 1 is 1.37 bits per heavy atom. The fraction of sp³-hybridized carbons (Fsp3) is 0.391. The van der Waals surface area contributed by atoms with Crippen molar-refractivity contribution in [1.82, 2.24) is 10.3 Å². The summed E-state index contributed by atoms with van der Waals surface area (Å²) in [5.41, 5.74) is 0.888. The lowest BCUT2D eigenvalue weighted by Crippen LogP contribution is -2.59. The highest BCUT2D eigenvalue weighted by Crippen LogP contribution is 2.57. The van der Waals surface area contributed by atoms with E-state index in [-0.39, 0.29) is 17.0 Å². The molecule has 1 amide bonds. The smallest absolute Gasteiger partial charge is 0.283 e. The molecule has 2 aliphatic rings. The molecule has 1 fully saturated rings. The van der Waals surface area contributed by atoms with Crippen molar-refractivity contribution < 1.29 is 31.5 Å². The largest absolute Gasteiger partial charge is 0.455 e. The summed E-state index contributed by atoms with van der Waals surface area (Å²) in [4.78, 5) is 19.9. The number of nitrogens with zero attached hydrogens (tertiary/aromatic N) is 3. The Morgan fingerprint density at radius 3 is 2.66 bits per heavy atom. The Bertz CT molecular complexity index is 1160. The maximum Gasteiger partial charge on any atom is 0.283 e. The summed E-state index contributed by atoms with van der Waals surface area (Å²) in [6.45, 7) is 2.06. The van der Waals surface area contributed by atoms with E-state index < -0.39 is 72.5 Å². The predicted molar refractivity (Wildman–Crippen MR) is 116 cm³/mol. The summed E-state index contributed by atoms with van der Waals surface area (Å²) >= 11 is 0. The molecule has 186 valence electrons. The van der Waals surface area contributed by atoms with Gasteiger partial charge in [-0.15, -0.1) is 0 Å². The van der Waals surface area contributed by atoms with Crippen molar-refractivity contribution in [3.63, 3.8) is 0 Å². The Kier molecular flexibility index (Phi) is 7.01. The van der Waals surface area contributed by atoms with E-state index in [0.717, 1.165) is 12.2 Å². The number of carbonyl (C=O) groups excluding carboxylic acids is 1. The second-order valence-corrected chi connectivity index (χ2v) is 8.44. The van der Waals surface area contributed by atoms with Crippen LogP contribution < -0.4 is 11.1 Å². The highest BCUT2D eigenvalue weighted by Gasteiger charge is 2.68. The highest BCUT2D eigenvalue weighted by molar-refractivity contribution is 5.93. The lowest BCUT2D eigenvalue weighted by atomic mass is 9.71. The Morgan fingerprint density at radius 2 is 2.09 bits per heavy atom. The number of pyridine rings is 1. The minimum absolute atomic E-state index is 0.00117. The van der Waals surface area contributed by atoms with Crippen LogP contribution in [-0.2, 0) is 4.74 Å². The molecule has 1 aromatic heterocycles. The van der Waals surface area contributed by atoms with E-state index in [1.165, 1.54) is 25.3 Å². The maximum atomic E-state index is 15.1. The quantitative estimate of drug-likeness (QED) is 0.441. The number of ether oxygens (including phenoxy) is 1. The van der Waals surface area contributed by atoms with Gasteiger partial charge in [0, 0.05) is 29.8 Å². The fourth-order valence-electron chi connectivity index (χ4n) is 4.37. The number of amides is 1. The fourth-order valence-corrected chi connectivity index (χ4v) is 4.37. The van der Waals surface area contributed by atoms with Crippen molar-refractivity contribution >= 4 is 11.9 Å². The van der Waals surface area contributed by atoms with Crippen molar-refractivity contribution in [2.75, 3.05) is 13.3 Å². The second-order valence-electron chi connectivity index (χ2n) is 8.44. The zero-order chi connectivity index (χ0) is 26.0. The molecule has 35 heavy (non-hydrogen) atoms. The zero-order valence-electron chi connectivity index (χ0n) is 18.6. The number of rotatable bonds is 7. The predicted octanol–water partition coefficient (Wildman–Crippen LogP) is 3.80. The molecule has 3 N–H and O–H groups in total. The van der Waals surface area contributed by atoms with Crippen LogP contribution in [0.25, 0.3) is 0 Å². The molecule has 3 atom stereocenters. The van der Waals surface area contributed by atoms with Crippen LogP contribution in [0.15, 0.2) is 59.1 Å². The minimum atomic E-state index is -3.40. The van der Waals surface area contributed by atoms with Crippen molar-refractivity contribution in [3.8, 4) is 6.07 Å². The van der Waals surface area contributed by atoms with E-state index >= 15 is 4.39 Å². The first-order valence-corrected chi connectivity index (χ1v) is 10.4. The number of hydrogen-bond acceptors (Lipinski definition) is 6. The van der Waals surface area contributed by atoms with Gasteiger partial charge in [0.1, 0.15) is 36.5 Å². The van der Waals surface area contributed by atoms with Gasteiger partial charge in [-0.05, 0) is 31.2 Å². The van der Waals surface area contributed by atoms with Crippen LogP contribution in [0.4, 0.5) is 22.0 Å². The van der Waals surface area contributed by atoms with Gasteiger partial charge in [-0.25, -0.2) is 31.9 Å². The number of nitrogens with two attached hydrogens (primary N) is 1. The maximum absolute atomic E-state index is 15.1. The van der Waals surface area contributed by atoms with E-state index in [1.807, 2.05) is 6.07 Å². The summed E-state index contributed by atoms with van der Waals surface area (Å²) in [7, 11) is 0. The van der Waals surface area contributed by atoms with E-state index in [1.54, 1.807) is 0 Å². The number of aliphatic imine (C=N–C) groups is 1.